The van der Waals surface area contributed by atoms with Crippen LogP contribution in [0.4, 0.5) is 0 Å². The molecule has 0 N–H and O–H groups in total. The van der Waals surface area contributed by atoms with E-state index in [0.717, 1.165) is 6.42 Å². The van der Waals surface area contributed by atoms with E-state index >= 15 is 0 Å². The van der Waals surface area contributed by atoms with Gasteiger partial charge in [0.05, 0.1) is 31.7 Å². The maximum atomic E-state index is 11.9. The van der Waals surface area contributed by atoms with Gasteiger partial charge in [0, 0.05) is 12.7 Å². The number of methoxy groups -OCH3 is 1. The molecule has 0 spiro atoms. The lowest BCUT2D eigenvalue weighted by atomic mass is 10.1. The molecule has 5 aromatic rings. The number of benzene rings is 2. The zero-order valence-electron chi connectivity index (χ0n) is 18.3. The summed E-state index contributed by atoms with van der Waals surface area (Å²) in [5.41, 5.74) is 2.75. The van der Waals surface area contributed by atoms with E-state index in [9.17, 15) is 4.79 Å². The maximum Gasteiger partial charge on any atom is 0.341 e. The minimum Gasteiger partial charge on any atom is -0.479 e. The molecule has 0 aliphatic carbocycles. The van der Waals surface area contributed by atoms with Gasteiger partial charge in [0.25, 0.3) is 5.95 Å². The molecule has 0 aliphatic heterocycles. The first-order valence-electron chi connectivity index (χ1n) is 10.6. The quantitative estimate of drug-likeness (QED) is 0.355. The van der Waals surface area contributed by atoms with Crippen molar-refractivity contribution in [2.24, 2.45) is 0 Å². The molecule has 33 heavy (non-hydrogen) atoms. The smallest absolute Gasteiger partial charge is 0.341 e. The fraction of sp³-hybridized carbons (Fsp3) is 0.208. The molecule has 9 nitrogen and oxygen atoms in total. The Morgan fingerprint density at radius 2 is 1.91 bits per heavy atom. The summed E-state index contributed by atoms with van der Waals surface area (Å²) in [4.78, 5) is 20.9. The third-order valence-electron chi connectivity index (χ3n) is 5.30. The van der Waals surface area contributed by atoms with Crippen molar-refractivity contribution in [1.29, 1.82) is 0 Å². The second-order valence-electron chi connectivity index (χ2n) is 7.48. The van der Waals surface area contributed by atoms with Crippen LogP contribution in [0.2, 0.25) is 0 Å². The van der Waals surface area contributed by atoms with Gasteiger partial charge in [-0.2, -0.15) is 15.2 Å². The Bertz CT molecular complexity index is 1460. The summed E-state index contributed by atoms with van der Waals surface area (Å²) in [7, 11) is 1.53. The van der Waals surface area contributed by atoms with Gasteiger partial charge < -0.3 is 9.47 Å². The van der Waals surface area contributed by atoms with Gasteiger partial charge >= 0.3 is 5.97 Å². The maximum absolute atomic E-state index is 11.9. The number of aryl methyl sites for hydroxylation is 2. The van der Waals surface area contributed by atoms with E-state index in [0.29, 0.717) is 35.6 Å². The van der Waals surface area contributed by atoms with Crippen molar-refractivity contribution in [1.82, 2.24) is 29.5 Å². The average molecular weight is 442 g/mol. The zero-order chi connectivity index (χ0) is 22.8. The zero-order valence-corrected chi connectivity index (χ0v) is 18.3. The molecule has 0 saturated heterocycles. The molecule has 3 aromatic heterocycles. The Hall–Kier alpha value is -4.27. The van der Waals surface area contributed by atoms with Crippen molar-refractivity contribution in [2.75, 3.05) is 13.7 Å². The predicted octanol–water partition coefficient (Wildman–Crippen LogP) is 3.59. The summed E-state index contributed by atoms with van der Waals surface area (Å²) < 4.78 is 13.7. The SMILES string of the molecule is CCOC(=O)c1cnn(-c2nc(OC)c3nn(CCc4ccc5ccccc5c4)cc3n2)c1. The van der Waals surface area contributed by atoms with Gasteiger partial charge in [-0.25, -0.2) is 14.5 Å². The predicted molar refractivity (Wildman–Crippen MR) is 123 cm³/mol. The molecule has 9 heteroatoms. The number of esters is 1. The first kappa shape index (κ1) is 20.6. The Balaban J connectivity index is 1.40. The van der Waals surface area contributed by atoms with Crippen LogP contribution in [0.1, 0.15) is 22.8 Å². The molecule has 166 valence electrons. The Morgan fingerprint density at radius 1 is 1.06 bits per heavy atom. The first-order valence-corrected chi connectivity index (χ1v) is 10.6. The number of carbonyl (C=O) groups excluding carboxylic acids is 1. The third kappa shape index (κ3) is 4.12. The fourth-order valence-electron chi connectivity index (χ4n) is 3.67. The topological polar surface area (TPSA) is 97.0 Å². The molecule has 5 rings (SSSR count). The second kappa shape index (κ2) is 8.70. The minimum absolute atomic E-state index is 0.281. The van der Waals surface area contributed by atoms with E-state index in [1.54, 1.807) is 6.92 Å². The van der Waals surface area contributed by atoms with E-state index in [1.807, 2.05) is 23.0 Å². The van der Waals surface area contributed by atoms with Gasteiger partial charge in [0.15, 0.2) is 5.52 Å². The Kier molecular flexibility index (Phi) is 5.43. The molecular formula is C24H22N6O3. The van der Waals surface area contributed by atoms with E-state index < -0.39 is 5.97 Å². The van der Waals surface area contributed by atoms with E-state index in [1.165, 1.54) is 40.5 Å². The highest BCUT2D eigenvalue weighted by Gasteiger charge is 2.16. The summed E-state index contributed by atoms with van der Waals surface area (Å²) in [6.07, 6.45) is 5.64. The molecule has 0 unspecified atom stereocenters. The van der Waals surface area contributed by atoms with Crippen LogP contribution < -0.4 is 4.74 Å². The number of hydrogen-bond acceptors (Lipinski definition) is 7. The van der Waals surface area contributed by atoms with Crippen LogP contribution in [0.5, 0.6) is 5.88 Å². The molecule has 0 saturated carbocycles. The second-order valence-corrected chi connectivity index (χ2v) is 7.48. The summed E-state index contributed by atoms with van der Waals surface area (Å²) in [6, 6.07) is 14.8. The van der Waals surface area contributed by atoms with E-state index in [2.05, 4.69) is 50.5 Å². The van der Waals surface area contributed by atoms with E-state index in [4.69, 9.17) is 9.47 Å². The van der Waals surface area contributed by atoms with Crippen molar-refractivity contribution < 1.29 is 14.3 Å². The van der Waals surface area contributed by atoms with Crippen molar-refractivity contribution in [3.05, 3.63) is 72.2 Å². The number of rotatable bonds is 7. The molecule has 0 amide bonds. The largest absolute Gasteiger partial charge is 0.479 e. The van der Waals surface area contributed by atoms with Gasteiger partial charge in [-0.3, -0.25) is 4.68 Å². The van der Waals surface area contributed by atoms with Crippen molar-refractivity contribution in [3.63, 3.8) is 0 Å². The molecule has 2 aromatic carbocycles. The van der Waals surface area contributed by atoms with Gasteiger partial charge in [-0.05, 0) is 29.7 Å². The number of nitrogens with zero attached hydrogens (tertiary/aromatic N) is 6. The molecule has 0 atom stereocenters. The fourth-order valence-corrected chi connectivity index (χ4v) is 3.67. The monoisotopic (exact) mass is 442 g/mol. The van der Waals surface area contributed by atoms with Crippen LogP contribution in [0.3, 0.4) is 0 Å². The van der Waals surface area contributed by atoms with Crippen LogP contribution in [-0.4, -0.2) is 49.2 Å². The van der Waals surface area contributed by atoms with Crippen molar-refractivity contribution in [3.8, 4) is 11.8 Å². The Morgan fingerprint density at radius 3 is 2.73 bits per heavy atom. The van der Waals surface area contributed by atoms with E-state index in [-0.39, 0.29) is 5.95 Å². The summed E-state index contributed by atoms with van der Waals surface area (Å²) in [5, 5.41) is 11.3. The summed E-state index contributed by atoms with van der Waals surface area (Å²) in [6.45, 7) is 2.72. The summed E-state index contributed by atoms with van der Waals surface area (Å²) >= 11 is 0. The van der Waals surface area contributed by atoms with Crippen LogP contribution in [0.25, 0.3) is 27.8 Å². The lowest BCUT2D eigenvalue weighted by Crippen LogP contribution is -2.05. The van der Waals surface area contributed by atoms with Gasteiger partial charge in [-0.15, -0.1) is 0 Å². The number of fused-ring (bicyclic) bond motifs is 2. The number of hydrogen-bond donors (Lipinski definition) is 0. The number of ether oxygens (including phenoxy) is 2. The highest BCUT2D eigenvalue weighted by molar-refractivity contribution is 5.89. The lowest BCUT2D eigenvalue weighted by Gasteiger charge is -2.04. The van der Waals surface area contributed by atoms with Gasteiger partial charge in [0.2, 0.25) is 5.88 Å². The third-order valence-corrected chi connectivity index (χ3v) is 5.30. The first-order chi connectivity index (χ1) is 16.1. The number of carbonyl (C=O) groups is 1. The highest BCUT2D eigenvalue weighted by Crippen LogP contribution is 2.22. The lowest BCUT2D eigenvalue weighted by molar-refractivity contribution is 0.0526. The molecule has 0 aliphatic rings. The van der Waals surface area contributed by atoms with Crippen LogP contribution in [0, 0.1) is 0 Å². The van der Waals surface area contributed by atoms with Gasteiger partial charge in [0.1, 0.15) is 5.52 Å². The standard InChI is InChI=1S/C24H22N6O3/c1-3-33-23(31)19-13-25-30(14-19)24-26-20-15-29(28-21(20)22(27-24)32-2)11-10-16-8-9-17-6-4-5-7-18(17)12-16/h4-9,12-15H,3,10-11H2,1-2H3. The molecular weight excluding hydrogens is 420 g/mol. The van der Waals surface area contributed by atoms with Gasteiger partial charge in [-0.1, -0.05) is 42.5 Å². The minimum atomic E-state index is -0.446. The summed E-state index contributed by atoms with van der Waals surface area (Å²) in [5.74, 6) is 0.176. The van der Waals surface area contributed by atoms with Crippen LogP contribution >= 0.6 is 0 Å². The Labute approximate surface area is 189 Å². The van der Waals surface area contributed by atoms with Crippen molar-refractivity contribution in [2.45, 2.75) is 19.9 Å². The molecule has 0 fully saturated rings. The molecule has 0 radical (unpaired) electrons. The number of aromatic nitrogens is 6. The van der Waals surface area contributed by atoms with Crippen molar-refractivity contribution >= 4 is 27.8 Å². The highest BCUT2D eigenvalue weighted by atomic mass is 16.5. The molecule has 3 heterocycles. The molecule has 0 bridgehead atoms. The average Bonchev–Trinajstić information content (AvgIpc) is 3.49. The van der Waals surface area contributed by atoms with Crippen LogP contribution in [0.15, 0.2) is 61.1 Å². The normalized spacial score (nSPS) is 11.2. The van der Waals surface area contributed by atoms with Crippen LogP contribution in [-0.2, 0) is 17.7 Å².